The molecule has 1 aromatic heterocycles. The number of nitrogens with zero attached hydrogens (tertiary/aromatic N) is 3. The highest BCUT2D eigenvalue weighted by Crippen LogP contribution is 2.52. The van der Waals surface area contributed by atoms with Crippen LogP contribution in [0.15, 0.2) is 235 Å². The molecule has 6 aromatic carbocycles. The van der Waals surface area contributed by atoms with Crippen molar-refractivity contribution in [3.8, 4) is 55.8 Å². The van der Waals surface area contributed by atoms with Gasteiger partial charge in [0.15, 0.2) is 11.7 Å². The zero-order chi connectivity index (χ0) is 45.5. The number of pyridine rings is 1. The molecule has 2 aliphatic rings. The topological polar surface area (TPSA) is 61.5 Å². The second kappa shape index (κ2) is 19.3. The Hall–Kier alpha value is -8.08. The van der Waals surface area contributed by atoms with Gasteiger partial charge in [-0.3, -0.25) is 10.4 Å². The van der Waals surface area contributed by atoms with Crippen LogP contribution in [0.1, 0.15) is 61.4 Å². The highest BCUT2D eigenvalue weighted by Gasteiger charge is 2.38. The number of aliphatic imine (C=N–C) groups is 2. The van der Waals surface area contributed by atoms with Crippen molar-refractivity contribution in [3.63, 3.8) is 0 Å². The van der Waals surface area contributed by atoms with Crippen molar-refractivity contribution in [1.82, 2.24) is 4.98 Å². The number of fused-ring (bicyclic) bond motifs is 3. The van der Waals surface area contributed by atoms with Gasteiger partial charge in [-0.1, -0.05) is 184 Å². The highest BCUT2D eigenvalue weighted by molar-refractivity contribution is 6.14. The second-order valence-electron chi connectivity index (χ2n) is 17.0. The van der Waals surface area contributed by atoms with Gasteiger partial charge in [-0.15, -0.1) is 0 Å². The van der Waals surface area contributed by atoms with E-state index in [0.29, 0.717) is 5.84 Å². The largest absolute Gasteiger partial charge is 0.282 e. The van der Waals surface area contributed by atoms with E-state index in [-0.39, 0.29) is 11.3 Å². The molecule has 1 N–H and O–H groups in total. The summed E-state index contributed by atoms with van der Waals surface area (Å²) >= 11 is 0. The van der Waals surface area contributed by atoms with Gasteiger partial charge in [0, 0.05) is 34.5 Å². The quantitative estimate of drug-likeness (QED) is 0.0786. The number of amidine groups is 2. The first-order valence-electron chi connectivity index (χ1n) is 22.7. The molecule has 0 amide bonds. The number of nitrogens with one attached hydrogen (secondary N) is 1. The number of rotatable bonds is 11. The van der Waals surface area contributed by atoms with Crippen LogP contribution in [-0.2, 0) is 5.41 Å². The number of benzene rings is 6. The first-order valence-corrected chi connectivity index (χ1v) is 22.7. The van der Waals surface area contributed by atoms with Gasteiger partial charge in [-0.2, -0.15) is 0 Å². The zero-order valence-electron chi connectivity index (χ0n) is 37.7. The maximum absolute atomic E-state index is 9.37. The van der Waals surface area contributed by atoms with Gasteiger partial charge in [0.2, 0.25) is 0 Å². The Morgan fingerprint density at radius 2 is 1.30 bits per heavy atom. The Kier molecular flexibility index (Phi) is 12.7. The van der Waals surface area contributed by atoms with Gasteiger partial charge >= 0.3 is 0 Å². The maximum Gasteiger partial charge on any atom is 0.161 e. The van der Waals surface area contributed by atoms with Crippen molar-refractivity contribution >= 4 is 23.5 Å². The molecule has 0 spiro atoms. The molecule has 1 heterocycles. The van der Waals surface area contributed by atoms with Crippen molar-refractivity contribution in [2.45, 2.75) is 39.0 Å². The van der Waals surface area contributed by atoms with Crippen LogP contribution in [0.3, 0.4) is 0 Å². The molecule has 0 saturated heterocycles. The van der Waals surface area contributed by atoms with E-state index >= 15 is 0 Å². The molecule has 66 heavy (non-hydrogen) atoms. The van der Waals surface area contributed by atoms with Crippen molar-refractivity contribution < 1.29 is 0 Å². The zero-order valence-corrected chi connectivity index (χ0v) is 37.7. The Morgan fingerprint density at radius 1 is 0.667 bits per heavy atom. The molecular formula is C62H52N4. The molecule has 1 atom stereocenters. The van der Waals surface area contributed by atoms with Crippen molar-refractivity contribution in [2.75, 3.05) is 0 Å². The standard InChI is InChI=1S/C62H52N4/c1-5-7-11-18-43(3)45-24-26-46(27-25-45)52-37-53(47-28-30-48(31-29-47)59-23-16-17-36-64-59)39-54(38-52)50-32-34-57-55(40-50)56-41-51(33-35-58(56)62(57,4)6-2)60(63)66-61(49-21-14-10-15-22-49)65-42-44-19-12-8-9-13-20-44/h5,7-8,10-42,63H,1,6,9H2,2-4H3/b11-7-,43-18+,63-60?,65-42?,66-61?. The lowest BCUT2D eigenvalue weighted by molar-refractivity contribution is 0.564. The Balaban J connectivity index is 1.12. The van der Waals surface area contributed by atoms with Crippen LogP contribution in [0.5, 0.6) is 0 Å². The van der Waals surface area contributed by atoms with Crippen LogP contribution in [0.4, 0.5) is 0 Å². The Labute approximate surface area is 389 Å². The van der Waals surface area contributed by atoms with E-state index in [1.54, 1.807) is 6.08 Å². The normalized spacial score (nSPS) is 15.7. The van der Waals surface area contributed by atoms with Gasteiger partial charge in [-0.05, 0) is 135 Å². The van der Waals surface area contributed by atoms with E-state index in [2.05, 4.69) is 160 Å². The van der Waals surface area contributed by atoms with Crippen molar-refractivity contribution in [1.29, 1.82) is 5.41 Å². The third-order valence-electron chi connectivity index (χ3n) is 12.8. The average Bonchev–Trinajstić information content (AvgIpc) is 3.49. The molecule has 0 saturated carbocycles. The fourth-order valence-electron chi connectivity index (χ4n) is 8.89. The minimum absolute atomic E-state index is 0.165. The monoisotopic (exact) mass is 852 g/mol. The summed E-state index contributed by atoms with van der Waals surface area (Å²) in [5, 5.41) is 9.37. The fourth-order valence-corrected chi connectivity index (χ4v) is 8.89. The maximum atomic E-state index is 9.37. The van der Waals surface area contributed by atoms with E-state index in [1.165, 1.54) is 27.8 Å². The Bertz CT molecular complexity index is 3160. The van der Waals surface area contributed by atoms with Gasteiger partial charge in [-0.25, -0.2) is 9.98 Å². The number of aromatic nitrogens is 1. The van der Waals surface area contributed by atoms with Gasteiger partial charge in [0.05, 0.1) is 5.69 Å². The third-order valence-corrected chi connectivity index (χ3v) is 12.8. The average molecular weight is 853 g/mol. The summed E-state index contributed by atoms with van der Waals surface area (Å²) in [4.78, 5) is 14.3. The number of hydrogen-bond acceptors (Lipinski definition) is 2. The second-order valence-corrected chi connectivity index (χ2v) is 17.0. The SMILES string of the molecule is C=C/C=C\C=C(/C)c1ccc(-c2cc(-c3ccc(-c4ccccn4)cc3)cc(-c3ccc4c(c3)-c3cc(C(=N)N=C(N=CC5=CC=CCC=C5)c5ccccc5)ccc3C4(C)CC)c2)cc1. The molecule has 0 radical (unpaired) electrons. The molecule has 9 rings (SSSR count). The molecule has 0 bridgehead atoms. The molecule has 0 fully saturated rings. The minimum Gasteiger partial charge on any atom is -0.282 e. The van der Waals surface area contributed by atoms with Crippen LogP contribution in [-0.4, -0.2) is 22.9 Å². The molecular weight excluding hydrogens is 801 g/mol. The summed E-state index contributed by atoms with van der Waals surface area (Å²) in [5.74, 6) is 0.659. The highest BCUT2D eigenvalue weighted by atomic mass is 14.9. The van der Waals surface area contributed by atoms with E-state index in [1.807, 2.05) is 85.2 Å². The molecule has 320 valence electrons. The summed E-state index contributed by atoms with van der Waals surface area (Å²) in [6.45, 7) is 10.5. The number of allylic oxidation sites excluding steroid dienone is 11. The molecule has 4 heteroatoms. The third kappa shape index (κ3) is 9.13. The summed E-state index contributed by atoms with van der Waals surface area (Å²) in [7, 11) is 0. The summed E-state index contributed by atoms with van der Waals surface area (Å²) in [6.07, 6.45) is 23.7. The van der Waals surface area contributed by atoms with E-state index < -0.39 is 0 Å². The minimum atomic E-state index is -0.181. The van der Waals surface area contributed by atoms with E-state index in [0.717, 1.165) is 79.7 Å². The van der Waals surface area contributed by atoms with Crippen molar-refractivity contribution in [2.24, 2.45) is 9.98 Å². The van der Waals surface area contributed by atoms with Gasteiger partial charge in [0.25, 0.3) is 0 Å². The van der Waals surface area contributed by atoms with Gasteiger partial charge < -0.3 is 0 Å². The van der Waals surface area contributed by atoms with Crippen LogP contribution < -0.4 is 0 Å². The predicted octanol–water partition coefficient (Wildman–Crippen LogP) is 15.9. The van der Waals surface area contributed by atoms with E-state index in [4.69, 9.17) is 9.98 Å². The van der Waals surface area contributed by atoms with Crippen LogP contribution >= 0.6 is 0 Å². The molecule has 4 nitrogen and oxygen atoms in total. The summed E-state index contributed by atoms with van der Waals surface area (Å²) < 4.78 is 0. The lowest BCUT2D eigenvalue weighted by atomic mass is 9.77. The summed E-state index contributed by atoms with van der Waals surface area (Å²) in [6, 6.07) is 53.8. The van der Waals surface area contributed by atoms with Crippen LogP contribution in [0, 0.1) is 5.41 Å². The molecule has 1 unspecified atom stereocenters. The van der Waals surface area contributed by atoms with Crippen molar-refractivity contribution in [3.05, 3.63) is 253 Å². The van der Waals surface area contributed by atoms with E-state index in [9.17, 15) is 5.41 Å². The summed E-state index contributed by atoms with van der Waals surface area (Å²) in [5.41, 5.74) is 18.5. The lowest BCUT2D eigenvalue weighted by Gasteiger charge is -2.26. The molecule has 7 aromatic rings. The lowest BCUT2D eigenvalue weighted by Crippen LogP contribution is -2.19. The number of hydrogen-bond donors (Lipinski definition) is 1. The van der Waals surface area contributed by atoms with Crippen LogP contribution in [0.2, 0.25) is 0 Å². The van der Waals surface area contributed by atoms with Crippen LogP contribution in [0.25, 0.3) is 61.3 Å². The fraction of sp³-hybridized carbons (Fsp3) is 0.0968. The smallest absolute Gasteiger partial charge is 0.161 e. The molecule has 0 aliphatic heterocycles. The van der Waals surface area contributed by atoms with Gasteiger partial charge in [0.1, 0.15) is 0 Å². The predicted molar refractivity (Wildman–Crippen MR) is 280 cm³/mol. The first kappa shape index (κ1) is 43.2. The first-order chi connectivity index (χ1) is 32.3. The molecule has 2 aliphatic carbocycles. The Morgan fingerprint density at radius 3 is 2.00 bits per heavy atom.